The van der Waals surface area contributed by atoms with Crippen LogP contribution in [0.5, 0.6) is 0 Å². The molecule has 1 aliphatic rings. The predicted molar refractivity (Wildman–Crippen MR) is 131 cm³/mol. The van der Waals surface area contributed by atoms with Crippen LogP contribution in [0.2, 0.25) is 10.0 Å². The second-order valence-electron chi connectivity index (χ2n) is 7.24. The number of hydrogen-bond acceptors (Lipinski definition) is 4. The van der Waals surface area contributed by atoms with Crippen LogP contribution >= 0.6 is 34.8 Å². The molecule has 0 spiro atoms. The van der Waals surface area contributed by atoms with Gasteiger partial charge in [0, 0.05) is 27.0 Å². The molecule has 0 atom stereocenters. The van der Waals surface area contributed by atoms with Gasteiger partial charge in [0.25, 0.3) is 17.7 Å². The molecule has 6 nitrogen and oxygen atoms in total. The third-order valence-corrected chi connectivity index (χ3v) is 5.69. The topological polar surface area (TPSA) is 78.5 Å². The summed E-state index contributed by atoms with van der Waals surface area (Å²) in [5.41, 5.74) is 2.30. The van der Waals surface area contributed by atoms with Crippen LogP contribution in [0, 0.1) is 6.92 Å². The zero-order valence-electron chi connectivity index (χ0n) is 17.2. The van der Waals surface area contributed by atoms with Gasteiger partial charge in [-0.25, -0.2) is 4.90 Å². The molecule has 3 aromatic rings. The standard InChI is InChI=1S/C24H16Cl3N3O3/c1-13-5-2-3-8-19(13)30-23(32)20(27)21(24(30)33)28-17-7-4-6-14(9-17)22(31)29-18-11-15(25)10-16(26)12-18/h2-12,28H,1H3,(H,29,31). The molecule has 0 radical (unpaired) electrons. The molecular weight excluding hydrogens is 485 g/mol. The molecule has 0 unspecified atom stereocenters. The van der Waals surface area contributed by atoms with E-state index in [1.54, 1.807) is 61.5 Å². The molecule has 0 aliphatic carbocycles. The monoisotopic (exact) mass is 499 g/mol. The number of carbonyl (C=O) groups is 3. The molecule has 0 saturated carbocycles. The number of aryl methyl sites for hydroxylation is 1. The van der Waals surface area contributed by atoms with E-state index in [-0.39, 0.29) is 10.7 Å². The molecule has 33 heavy (non-hydrogen) atoms. The van der Waals surface area contributed by atoms with E-state index in [2.05, 4.69) is 10.6 Å². The molecule has 0 bridgehead atoms. The Morgan fingerprint density at radius 2 is 1.52 bits per heavy atom. The van der Waals surface area contributed by atoms with Crippen molar-refractivity contribution in [3.63, 3.8) is 0 Å². The summed E-state index contributed by atoms with van der Waals surface area (Å²) in [5, 5.41) is 6.14. The Kier molecular flexibility index (Phi) is 6.42. The summed E-state index contributed by atoms with van der Waals surface area (Å²) >= 11 is 18.2. The van der Waals surface area contributed by atoms with Crippen molar-refractivity contribution < 1.29 is 14.4 Å². The number of benzene rings is 3. The van der Waals surface area contributed by atoms with E-state index in [0.29, 0.717) is 32.7 Å². The molecule has 0 aromatic heterocycles. The summed E-state index contributed by atoms with van der Waals surface area (Å²) in [6, 6.07) is 18.1. The van der Waals surface area contributed by atoms with Gasteiger partial charge in [0.2, 0.25) is 0 Å². The average Bonchev–Trinajstić information content (AvgIpc) is 2.97. The second-order valence-corrected chi connectivity index (χ2v) is 8.49. The number of nitrogens with zero attached hydrogens (tertiary/aromatic N) is 1. The smallest absolute Gasteiger partial charge is 0.283 e. The van der Waals surface area contributed by atoms with Crippen molar-refractivity contribution in [2.75, 3.05) is 15.5 Å². The van der Waals surface area contributed by atoms with E-state index in [1.165, 1.54) is 6.07 Å². The van der Waals surface area contributed by atoms with Gasteiger partial charge in [-0.15, -0.1) is 0 Å². The van der Waals surface area contributed by atoms with E-state index < -0.39 is 17.7 Å². The molecule has 166 valence electrons. The number of imide groups is 1. The molecule has 2 N–H and O–H groups in total. The van der Waals surface area contributed by atoms with Crippen LogP contribution in [0.25, 0.3) is 0 Å². The third-order valence-electron chi connectivity index (χ3n) is 4.90. The maximum Gasteiger partial charge on any atom is 0.283 e. The summed E-state index contributed by atoms with van der Waals surface area (Å²) in [4.78, 5) is 39.4. The van der Waals surface area contributed by atoms with Gasteiger partial charge < -0.3 is 10.6 Å². The Morgan fingerprint density at radius 1 is 0.818 bits per heavy atom. The summed E-state index contributed by atoms with van der Waals surface area (Å²) in [6.07, 6.45) is 0. The van der Waals surface area contributed by atoms with Gasteiger partial charge in [0.1, 0.15) is 10.7 Å². The van der Waals surface area contributed by atoms with Gasteiger partial charge >= 0.3 is 0 Å². The number of anilines is 3. The van der Waals surface area contributed by atoms with E-state index in [4.69, 9.17) is 34.8 Å². The van der Waals surface area contributed by atoms with Crippen molar-refractivity contribution in [1.29, 1.82) is 0 Å². The van der Waals surface area contributed by atoms with Gasteiger partial charge in [-0.2, -0.15) is 0 Å². The van der Waals surface area contributed by atoms with Gasteiger partial charge in [-0.3, -0.25) is 14.4 Å². The Hall–Kier alpha value is -3.32. The van der Waals surface area contributed by atoms with Gasteiger partial charge in [0.15, 0.2) is 0 Å². The SMILES string of the molecule is Cc1ccccc1N1C(=O)C(Cl)=C(Nc2cccc(C(=O)Nc3cc(Cl)cc(Cl)c3)c2)C1=O. The lowest BCUT2D eigenvalue weighted by Gasteiger charge is -2.17. The zero-order chi connectivity index (χ0) is 23.7. The summed E-state index contributed by atoms with van der Waals surface area (Å²) in [7, 11) is 0. The number of nitrogens with one attached hydrogen (secondary N) is 2. The fourth-order valence-corrected chi connectivity index (χ4v) is 4.09. The maximum atomic E-state index is 13.0. The third kappa shape index (κ3) is 4.73. The highest BCUT2D eigenvalue weighted by Crippen LogP contribution is 2.32. The fraction of sp³-hybridized carbons (Fsp3) is 0.0417. The van der Waals surface area contributed by atoms with Crippen LogP contribution in [0.15, 0.2) is 77.5 Å². The van der Waals surface area contributed by atoms with Crippen molar-refractivity contribution in [3.8, 4) is 0 Å². The zero-order valence-corrected chi connectivity index (χ0v) is 19.4. The highest BCUT2D eigenvalue weighted by molar-refractivity contribution is 6.53. The minimum atomic E-state index is -0.620. The Bertz CT molecular complexity index is 1320. The maximum absolute atomic E-state index is 13.0. The first-order valence-electron chi connectivity index (χ1n) is 9.73. The molecule has 9 heteroatoms. The normalized spacial score (nSPS) is 13.5. The van der Waals surface area contributed by atoms with Gasteiger partial charge in [0.05, 0.1) is 5.69 Å². The number of halogens is 3. The molecule has 3 amide bonds. The second kappa shape index (κ2) is 9.27. The van der Waals surface area contributed by atoms with Crippen molar-refractivity contribution >= 4 is 69.6 Å². The summed E-state index contributed by atoms with van der Waals surface area (Å²) in [6.45, 7) is 1.80. The molecule has 0 saturated heterocycles. The fourth-order valence-electron chi connectivity index (χ4n) is 3.36. The van der Waals surface area contributed by atoms with Crippen LogP contribution in [0.3, 0.4) is 0 Å². The number of hydrogen-bond donors (Lipinski definition) is 2. The number of para-hydroxylation sites is 1. The van der Waals surface area contributed by atoms with Gasteiger partial charge in [-0.05, 0) is 55.0 Å². The molecule has 4 rings (SSSR count). The number of rotatable bonds is 5. The molecule has 1 aliphatic heterocycles. The number of carbonyl (C=O) groups excluding carboxylic acids is 3. The van der Waals surface area contributed by atoms with E-state index in [1.807, 2.05) is 6.07 Å². The van der Waals surface area contributed by atoms with Crippen LogP contribution in [0.4, 0.5) is 17.1 Å². The van der Waals surface area contributed by atoms with Crippen molar-refractivity contribution in [3.05, 3.63) is 98.6 Å². The molecule has 3 aromatic carbocycles. The van der Waals surface area contributed by atoms with Crippen molar-refractivity contribution in [2.45, 2.75) is 6.92 Å². The Balaban J connectivity index is 1.55. The Labute approximate surface area is 204 Å². The lowest BCUT2D eigenvalue weighted by molar-refractivity contribution is -0.120. The lowest BCUT2D eigenvalue weighted by Crippen LogP contribution is -2.32. The average molecular weight is 501 g/mol. The number of amides is 3. The minimum absolute atomic E-state index is 0.0656. The van der Waals surface area contributed by atoms with E-state index in [0.717, 1.165) is 10.5 Å². The quantitative estimate of drug-likeness (QED) is 0.422. The van der Waals surface area contributed by atoms with Crippen LogP contribution in [-0.4, -0.2) is 17.7 Å². The van der Waals surface area contributed by atoms with Gasteiger partial charge in [-0.1, -0.05) is 59.1 Å². The highest BCUT2D eigenvalue weighted by Gasteiger charge is 2.39. The Morgan fingerprint density at radius 3 is 2.21 bits per heavy atom. The van der Waals surface area contributed by atoms with Crippen LogP contribution < -0.4 is 15.5 Å². The lowest BCUT2D eigenvalue weighted by atomic mass is 10.1. The first-order chi connectivity index (χ1) is 15.7. The largest absolute Gasteiger partial charge is 0.350 e. The highest BCUT2D eigenvalue weighted by atomic mass is 35.5. The molecule has 1 heterocycles. The van der Waals surface area contributed by atoms with Crippen LogP contribution in [-0.2, 0) is 9.59 Å². The minimum Gasteiger partial charge on any atom is -0.350 e. The first-order valence-corrected chi connectivity index (χ1v) is 10.9. The first kappa shape index (κ1) is 22.9. The summed E-state index contributed by atoms with van der Waals surface area (Å²) < 4.78 is 0. The molecular formula is C24H16Cl3N3O3. The molecule has 0 fully saturated rings. The van der Waals surface area contributed by atoms with Crippen molar-refractivity contribution in [2.24, 2.45) is 0 Å². The van der Waals surface area contributed by atoms with E-state index >= 15 is 0 Å². The predicted octanol–water partition coefficient (Wildman–Crippen LogP) is 5.99. The summed E-state index contributed by atoms with van der Waals surface area (Å²) in [5.74, 6) is -1.61. The van der Waals surface area contributed by atoms with E-state index in [9.17, 15) is 14.4 Å². The van der Waals surface area contributed by atoms with Crippen molar-refractivity contribution in [1.82, 2.24) is 0 Å². The van der Waals surface area contributed by atoms with Crippen LogP contribution in [0.1, 0.15) is 15.9 Å².